The minimum atomic E-state index is -0.260. The molecule has 1 fully saturated rings. The number of aromatic amines is 1. The second kappa shape index (κ2) is 8.35. The van der Waals surface area contributed by atoms with Gasteiger partial charge in [0.2, 0.25) is 0 Å². The quantitative estimate of drug-likeness (QED) is 0.692. The predicted octanol–water partition coefficient (Wildman–Crippen LogP) is 3.73. The molecule has 0 saturated carbocycles. The molecule has 3 aromatic rings. The molecule has 5 nitrogen and oxygen atoms in total. The average molecular weight is 395 g/mol. The lowest BCUT2D eigenvalue weighted by atomic mass is 10.0. The molecular weight excluding hydrogens is 369 g/mol. The highest BCUT2D eigenvalue weighted by molar-refractivity contribution is 5.99. The summed E-state index contributed by atoms with van der Waals surface area (Å²) >= 11 is 0. The molecular formula is C23H26FN3O2. The Morgan fingerprint density at radius 2 is 1.90 bits per heavy atom. The number of ether oxygens (including phenoxy) is 1. The largest absolute Gasteiger partial charge is 0.379 e. The third-order valence-corrected chi connectivity index (χ3v) is 5.77. The molecule has 4 rings (SSSR count). The molecule has 2 heterocycles. The number of hydrogen-bond donors (Lipinski definition) is 2. The van der Waals surface area contributed by atoms with Crippen molar-refractivity contribution in [3.63, 3.8) is 0 Å². The summed E-state index contributed by atoms with van der Waals surface area (Å²) in [6.07, 6.45) is 0. The van der Waals surface area contributed by atoms with Gasteiger partial charge >= 0.3 is 0 Å². The summed E-state index contributed by atoms with van der Waals surface area (Å²) in [7, 11) is 0. The Balaban J connectivity index is 1.52. The standard InChI is InChI=1S/C23H26FN3O2/c1-15-16(2)26-21-8-5-18(13-20(15)21)23(28)25-14-22(27-9-11-29-12-10-27)17-3-6-19(24)7-4-17/h3-8,13,22,26H,9-12,14H2,1-2H3,(H,25,28)/t22-/m0/s1. The Bertz CT molecular complexity index is 1010. The van der Waals surface area contributed by atoms with Crippen LogP contribution in [0.1, 0.15) is 33.2 Å². The summed E-state index contributed by atoms with van der Waals surface area (Å²) in [4.78, 5) is 18.5. The van der Waals surface area contributed by atoms with E-state index >= 15 is 0 Å². The first-order valence-corrected chi connectivity index (χ1v) is 9.97. The van der Waals surface area contributed by atoms with E-state index in [4.69, 9.17) is 4.74 Å². The Morgan fingerprint density at radius 1 is 1.17 bits per heavy atom. The monoisotopic (exact) mass is 395 g/mol. The second-order valence-corrected chi connectivity index (χ2v) is 7.56. The number of carbonyl (C=O) groups is 1. The van der Waals surface area contributed by atoms with Crippen LogP contribution in [0.15, 0.2) is 42.5 Å². The van der Waals surface area contributed by atoms with Crippen LogP contribution < -0.4 is 5.32 Å². The van der Waals surface area contributed by atoms with Gasteiger partial charge in [0.1, 0.15) is 5.82 Å². The summed E-state index contributed by atoms with van der Waals surface area (Å²) in [5, 5.41) is 4.14. The topological polar surface area (TPSA) is 57.4 Å². The Morgan fingerprint density at radius 3 is 2.62 bits per heavy atom. The summed E-state index contributed by atoms with van der Waals surface area (Å²) in [6, 6.07) is 12.2. The van der Waals surface area contributed by atoms with E-state index in [9.17, 15) is 9.18 Å². The second-order valence-electron chi connectivity index (χ2n) is 7.56. The molecule has 2 aromatic carbocycles. The van der Waals surface area contributed by atoms with Gasteiger partial charge in [-0.25, -0.2) is 4.39 Å². The molecule has 0 spiro atoms. The van der Waals surface area contributed by atoms with Crippen LogP contribution in [-0.2, 0) is 4.74 Å². The third kappa shape index (κ3) is 4.18. The van der Waals surface area contributed by atoms with Crippen molar-refractivity contribution in [3.05, 3.63) is 70.7 Å². The molecule has 1 aromatic heterocycles. The zero-order valence-electron chi connectivity index (χ0n) is 16.8. The minimum absolute atomic E-state index is 0.0246. The lowest BCUT2D eigenvalue weighted by Crippen LogP contribution is -2.43. The van der Waals surface area contributed by atoms with Crippen molar-refractivity contribution in [1.29, 1.82) is 0 Å². The molecule has 1 atom stereocenters. The molecule has 0 unspecified atom stereocenters. The molecule has 1 amide bonds. The Kier molecular flexibility index (Phi) is 5.65. The summed E-state index contributed by atoms with van der Waals surface area (Å²) in [5.74, 6) is -0.366. The van der Waals surface area contributed by atoms with Crippen LogP contribution in [0.4, 0.5) is 4.39 Å². The van der Waals surface area contributed by atoms with Crippen LogP contribution >= 0.6 is 0 Å². The molecule has 6 heteroatoms. The number of fused-ring (bicyclic) bond motifs is 1. The summed E-state index contributed by atoms with van der Waals surface area (Å²) < 4.78 is 18.8. The van der Waals surface area contributed by atoms with Crippen molar-refractivity contribution in [3.8, 4) is 0 Å². The molecule has 0 bridgehead atoms. The van der Waals surface area contributed by atoms with E-state index < -0.39 is 0 Å². The maximum atomic E-state index is 13.4. The first-order valence-electron chi connectivity index (χ1n) is 9.97. The van der Waals surface area contributed by atoms with Crippen molar-refractivity contribution in [2.24, 2.45) is 0 Å². The van der Waals surface area contributed by atoms with Crippen LogP contribution in [0.2, 0.25) is 0 Å². The smallest absolute Gasteiger partial charge is 0.251 e. The fraction of sp³-hybridized carbons (Fsp3) is 0.348. The number of nitrogens with zero attached hydrogens (tertiary/aromatic N) is 1. The van der Waals surface area contributed by atoms with Crippen molar-refractivity contribution in [2.75, 3.05) is 32.8 Å². The Labute approximate surface area is 169 Å². The maximum Gasteiger partial charge on any atom is 0.251 e. The zero-order chi connectivity index (χ0) is 20.4. The SMILES string of the molecule is Cc1[nH]c2ccc(C(=O)NC[C@@H](c3ccc(F)cc3)N3CCOCC3)cc2c1C. The Hall–Kier alpha value is -2.70. The van der Waals surface area contributed by atoms with Crippen molar-refractivity contribution in [1.82, 2.24) is 15.2 Å². The van der Waals surface area contributed by atoms with Crippen LogP contribution in [0.3, 0.4) is 0 Å². The highest BCUT2D eigenvalue weighted by Crippen LogP contribution is 2.24. The van der Waals surface area contributed by atoms with Crippen LogP contribution in [0.25, 0.3) is 10.9 Å². The van der Waals surface area contributed by atoms with E-state index in [1.165, 1.54) is 12.1 Å². The highest BCUT2D eigenvalue weighted by Gasteiger charge is 2.23. The number of nitrogens with one attached hydrogen (secondary N) is 2. The van der Waals surface area contributed by atoms with Gasteiger partial charge in [0, 0.05) is 41.8 Å². The number of carbonyl (C=O) groups excluding carboxylic acids is 1. The highest BCUT2D eigenvalue weighted by atomic mass is 19.1. The van der Waals surface area contributed by atoms with E-state index in [0.717, 1.165) is 40.8 Å². The number of aromatic nitrogens is 1. The minimum Gasteiger partial charge on any atom is -0.379 e. The van der Waals surface area contributed by atoms with Gasteiger partial charge in [-0.1, -0.05) is 12.1 Å². The fourth-order valence-electron chi connectivity index (χ4n) is 3.93. The number of halogens is 1. The van der Waals surface area contributed by atoms with Gasteiger partial charge in [0.15, 0.2) is 0 Å². The first kappa shape index (κ1) is 19.6. The van der Waals surface area contributed by atoms with E-state index in [2.05, 4.69) is 22.1 Å². The molecule has 152 valence electrons. The number of aryl methyl sites for hydroxylation is 2. The van der Waals surface area contributed by atoms with Crippen LogP contribution in [0, 0.1) is 19.7 Å². The van der Waals surface area contributed by atoms with Crippen molar-refractivity contribution < 1.29 is 13.9 Å². The third-order valence-electron chi connectivity index (χ3n) is 5.77. The maximum absolute atomic E-state index is 13.4. The molecule has 1 aliphatic rings. The van der Waals surface area contributed by atoms with Gasteiger partial charge in [-0.2, -0.15) is 0 Å². The molecule has 1 aliphatic heterocycles. The predicted molar refractivity (Wildman–Crippen MR) is 112 cm³/mol. The van der Waals surface area contributed by atoms with E-state index in [0.29, 0.717) is 25.3 Å². The van der Waals surface area contributed by atoms with Crippen molar-refractivity contribution in [2.45, 2.75) is 19.9 Å². The lowest BCUT2D eigenvalue weighted by Gasteiger charge is -2.35. The van der Waals surface area contributed by atoms with Gasteiger partial charge < -0.3 is 15.0 Å². The fourth-order valence-corrected chi connectivity index (χ4v) is 3.93. The number of rotatable bonds is 5. The molecule has 0 aliphatic carbocycles. The van der Waals surface area contributed by atoms with Crippen LogP contribution in [0.5, 0.6) is 0 Å². The van der Waals surface area contributed by atoms with E-state index in [1.807, 2.05) is 25.1 Å². The number of H-pyrrole nitrogens is 1. The normalized spacial score (nSPS) is 16.1. The van der Waals surface area contributed by atoms with Gasteiger partial charge in [-0.3, -0.25) is 9.69 Å². The van der Waals surface area contributed by atoms with E-state index in [1.54, 1.807) is 12.1 Å². The van der Waals surface area contributed by atoms with Gasteiger partial charge in [0.25, 0.3) is 5.91 Å². The number of benzene rings is 2. The zero-order valence-corrected chi connectivity index (χ0v) is 16.8. The molecule has 2 N–H and O–H groups in total. The summed E-state index contributed by atoms with van der Waals surface area (Å²) in [5.41, 5.74) is 4.93. The molecule has 1 saturated heterocycles. The van der Waals surface area contributed by atoms with Crippen molar-refractivity contribution >= 4 is 16.8 Å². The lowest BCUT2D eigenvalue weighted by molar-refractivity contribution is 0.0162. The van der Waals surface area contributed by atoms with Gasteiger partial charge in [-0.15, -0.1) is 0 Å². The van der Waals surface area contributed by atoms with Crippen LogP contribution in [-0.4, -0.2) is 48.6 Å². The molecule has 29 heavy (non-hydrogen) atoms. The van der Waals surface area contributed by atoms with E-state index in [-0.39, 0.29) is 17.8 Å². The molecule has 0 radical (unpaired) electrons. The number of morpholine rings is 1. The average Bonchev–Trinajstić information content (AvgIpc) is 3.03. The summed E-state index contributed by atoms with van der Waals surface area (Å²) in [6.45, 7) is 7.43. The number of amides is 1. The number of hydrogen-bond acceptors (Lipinski definition) is 3. The first-order chi connectivity index (χ1) is 14.0. The van der Waals surface area contributed by atoms with Gasteiger partial charge in [-0.05, 0) is 55.3 Å². The van der Waals surface area contributed by atoms with Gasteiger partial charge in [0.05, 0.1) is 19.3 Å².